The van der Waals surface area contributed by atoms with Gasteiger partial charge >= 0.3 is 0 Å². The maximum atomic E-state index is 12.1. The van der Waals surface area contributed by atoms with Crippen LogP contribution in [0.3, 0.4) is 0 Å². The highest BCUT2D eigenvalue weighted by Crippen LogP contribution is 2.28. The number of hydrogen-bond donors (Lipinski definition) is 2. The summed E-state index contributed by atoms with van der Waals surface area (Å²) < 4.78 is 1.55. The number of nitrogens with one attached hydrogen (secondary N) is 1. The van der Waals surface area contributed by atoms with E-state index in [1.54, 1.807) is 24.3 Å². The van der Waals surface area contributed by atoms with Gasteiger partial charge in [-0.05, 0) is 46.3 Å². The molecule has 3 nitrogen and oxygen atoms in total. The normalized spacial score (nSPS) is 10.3. The van der Waals surface area contributed by atoms with Crippen molar-refractivity contribution >= 4 is 55.1 Å². The highest BCUT2D eigenvalue weighted by molar-refractivity contribution is 9.11. The average Bonchev–Trinajstić information content (AvgIpc) is 2.32. The van der Waals surface area contributed by atoms with E-state index in [0.717, 1.165) is 4.47 Å². The number of phenolic OH excluding ortho intramolecular Hbond substituents is 1. The number of carbonyl (C=O) groups is 1. The van der Waals surface area contributed by atoms with E-state index in [0.29, 0.717) is 15.7 Å². The molecule has 0 radical (unpaired) electrons. The van der Waals surface area contributed by atoms with E-state index in [9.17, 15) is 9.90 Å². The third kappa shape index (κ3) is 3.49. The van der Waals surface area contributed by atoms with Gasteiger partial charge in [-0.15, -0.1) is 0 Å². The number of benzene rings is 2. The van der Waals surface area contributed by atoms with Crippen molar-refractivity contribution in [2.24, 2.45) is 0 Å². The Labute approximate surface area is 131 Å². The second-order valence-electron chi connectivity index (χ2n) is 3.74. The highest BCUT2D eigenvalue weighted by Gasteiger charge is 2.12. The predicted molar refractivity (Wildman–Crippen MR) is 82.9 cm³/mol. The van der Waals surface area contributed by atoms with Crippen molar-refractivity contribution in [2.75, 3.05) is 5.32 Å². The van der Waals surface area contributed by atoms with Crippen LogP contribution in [0.4, 0.5) is 5.69 Å². The summed E-state index contributed by atoms with van der Waals surface area (Å²) in [5.74, 6) is -0.236. The molecule has 0 spiro atoms. The highest BCUT2D eigenvalue weighted by atomic mass is 79.9. The summed E-state index contributed by atoms with van der Waals surface area (Å²) >= 11 is 12.6. The number of rotatable bonds is 2. The molecule has 6 heteroatoms. The minimum Gasteiger partial charge on any atom is -0.508 e. The molecule has 0 atom stereocenters. The van der Waals surface area contributed by atoms with Crippen LogP contribution >= 0.6 is 43.5 Å². The summed E-state index contributed by atoms with van der Waals surface area (Å²) in [6, 6.07) is 9.62. The summed E-state index contributed by atoms with van der Waals surface area (Å²) in [4.78, 5) is 12.1. The molecule has 1 amide bonds. The predicted octanol–water partition coefficient (Wildman–Crippen LogP) is 4.82. The van der Waals surface area contributed by atoms with Crippen molar-refractivity contribution in [3.63, 3.8) is 0 Å². The number of amides is 1. The van der Waals surface area contributed by atoms with Crippen LogP contribution in [-0.4, -0.2) is 11.0 Å². The first-order valence-electron chi connectivity index (χ1n) is 5.22. The molecule has 0 aliphatic rings. The summed E-state index contributed by atoms with van der Waals surface area (Å²) in [7, 11) is 0. The lowest BCUT2D eigenvalue weighted by molar-refractivity contribution is 0.102. The van der Waals surface area contributed by atoms with Gasteiger partial charge in [0.15, 0.2) is 0 Å². The molecule has 0 unspecified atom stereocenters. The maximum Gasteiger partial charge on any atom is 0.256 e. The van der Waals surface area contributed by atoms with Gasteiger partial charge in [-0.25, -0.2) is 0 Å². The molecule has 0 aromatic heterocycles. The molecule has 2 aromatic rings. The third-order valence-corrected chi connectivity index (χ3v) is 3.84. The quantitative estimate of drug-likeness (QED) is 0.704. The number of aromatic hydroxyl groups is 1. The number of anilines is 1. The van der Waals surface area contributed by atoms with Gasteiger partial charge in [0.25, 0.3) is 5.91 Å². The first-order chi connectivity index (χ1) is 8.97. The molecule has 2 rings (SSSR count). The topological polar surface area (TPSA) is 49.3 Å². The van der Waals surface area contributed by atoms with Crippen LogP contribution in [0.2, 0.25) is 5.02 Å². The summed E-state index contributed by atoms with van der Waals surface area (Å²) in [5, 5.41) is 12.2. The van der Waals surface area contributed by atoms with Crippen molar-refractivity contribution in [3.05, 3.63) is 55.9 Å². The number of hydrogen-bond acceptors (Lipinski definition) is 2. The molecule has 0 saturated heterocycles. The Morgan fingerprint density at radius 1 is 1.16 bits per heavy atom. The van der Waals surface area contributed by atoms with E-state index in [1.165, 1.54) is 12.1 Å². The lowest BCUT2D eigenvalue weighted by atomic mass is 10.2. The average molecular weight is 405 g/mol. The Kier molecular flexibility index (Phi) is 4.50. The third-order valence-electron chi connectivity index (χ3n) is 2.38. The van der Waals surface area contributed by atoms with Crippen LogP contribution in [-0.2, 0) is 0 Å². The smallest absolute Gasteiger partial charge is 0.256 e. The SMILES string of the molecule is O=C(Nc1ccc(O)cc1Cl)c1ccc(Br)cc1Br. The second kappa shape index (κ2) is 5.94. The number of halogens is 3. The van der Waals surface area contributed by atoms with Gasteiger partial charge in [-0.2, -0.15) is 0 Å². The Hall–Kier alpha value is -1.04. The molecule has 0 saturated carbocycles. The van der Waals surface area contributed by atoms with Crippen molar-refractivity contribution in [1.82, 2.24) is 0 Å². The molecule has 0 bridgehead atoms. The number of carbonyl (C=O) groups excluding carboxylic acids is 1. The molecular formula is C13H8Br2ClNO2. The molecule has 2 aromatic carbocycles. The van der Waals surface area contributed by atoms with E-state index in [1.807, 2.05) is 0 Å². The number of phenols is 1. The van der Waals surface area contributed by atoms with Crippen LogP contribution in [0, 0.1) is 0 Å². The summed E-state index contributed by atoms with van der Waals surface area (Å²) in [6.07, 6.45) is 0. The van der Waals surface area contributed by atoms with Crippen LogP contribution < -0.4 is 5.32 Å². The Morgan fingerprint density at radius 2 is 1.89 bits per heavy atom. The van der Waals surface area contributed by atoms with Gasteiger partial charge in [0, 0.05) is 15.0 Å². The molecule has 0 heterocycles. The summed E-state index contributed by atoms with van der Waals surface area (Å²) in [5.41, 5.74) is 0.937. The molecule has 98 valence electrons. The Morgan fingerprint density at radius 3 is 2.53 bits per heavy atom. The molecule has 19 heavy (non-hydrogen) atoms. The van der Waals surface area contributed by atoms with Gasteiger partial charge < -0.3 is 10.4 Å². The fraction of sp³-hybridized carbons (Fsp3) is 0. The first kappa shape index (κ1) is 14.4. The van der Waals surface area contributed by atoms with Gasteiger partial charge in [0.05, 0.1) is 16.3 Å². The van der Waals surface area contributed by atoms with E-state index in [-0.39, 0.29) is 16.7 Å². The fourth-order valence-corrected chi connectivity index (χ4v) is 2.92. The largest absolute Gasteiger partial charge is 0.508 e. The van der Waals surface area contributed by atoms with Gasteiger partial charge in [-0.1, -0.05) is 27.5 Å². The Balaban J connectivity index is 2.25. The van der Waals surface area contributed by atoms with Crippen LogP contribution in [0.1, 0.15) is 10.4 Å². The minimum absolute atomic E-state index is 0.0489. The summed E-state index contributed by atoms with van der Waals surface area (Å²) in [6.45, 7) is 0. The monoisotopic (exact) mass is 403 g/mol. The van der Waals surface area contributed by atoms with Crippen LogP contribution in [0.5, 0.6) is 5.75 Å². The van der Waals surface area contributed by atoms with E-state index >= 15 is 0 Å². The van der Waals surface area contributed by atoms with Crippen molar-refractivity contribution in [2.45, 2.75) is 0 Å². The molecule has 0 aliphatic carbocycles. The molecule has 0 aliphatic heterocycles. The Bertz CT molecular complexity index is 647. The van der Waals surface area contributed by atoms with Gasteiger partial charge in [-0.3, -0.25) is 4.79 Å². The minimum atomic E-state index is -0.285. The van der Waals surface area contributed by atoms with E-state index < -0.39 is 0 Å². The van der Waals surface area contributed by atoms with E-state index in [4.69, 9.17) is 11.6 Å². The van der Waals surface area contributed by atoms with Crippen molar-refractivity contribution in [1.29, 1.82) is 0 Å². The second-order valence-corrected chi connectivity index (χ2v) is 5.92. The van der Waals surface area contributed by atoms with Gasteiger partial charge in [0.1, 0.15) is 5.75 Å². The zero-order chi connectivity index (χ0) is 14.0. The fourth-order valence-electron chi connectivity index (χ4n) is 1.47. The molecule has 2 N–H and O–H groups in total. The first-order valence-corrected chi connectivity index (χ1v) is 7.18. The van der Waals surface area contributed by atoms with Crippen LogP contribution in [0.15, 0.2) is 45.3 Å². The zero-order valence-electron chi connectivity index (χ0n) is 9.45. The standard InChI is InChI=1S/C13H8Br2ClNO2/c14-7-1-3-9(10(15)5-7)13(19)17-12-4-2-8(18)6-11(12)16/h1-6,18H,(H,17,19). The molecular weight excluding hydrogens is 397 g/mol. The lowest BCUT2D eigenvalue weighted by Gasteiger charge is -2.09. The maximum absolute atomic E-state index is 12.1. The van der Waals surface area contributed by atoms with Crippen LogP contribution in [0.25, 0.3) is 0 Å². The van der Waals surface area contributed by atoms with E-state index in [2.05, 4.69) is 37.2 Å². The molecule has 0 fully saturated rings. The lowest BCUT2D eigenvalue weighted by Crippen LogP contribution is -2.12. The van der Waals surface area contributed by atoms with Crippen molar-refractivity contribution in [3.8, 4) is 5.75 Å². The van der Waals surface area contributed by atoms with Crippen molar-refractivity contribution < 1.29 is 9.90 Å². The van der Waals surface area contributed by atoms with Gasteiger partial charge in [0.2, 0.25) is 0 Å². The zero-order valence-corrected chi connectivity index (χ0v) is 13.4.